The molecular formula is C30H30FN3O9S. The minimum atomic E-state index is -4.09. The highest BCUT2D eigenvalue weighted by Crippen LogP contribution is 2.38. The van der Waals surface area contributed by atoms with Crippen LogP contribution in [0.25, 0.3) is 0 Å². The number of rotatable bonds is 3. The number of ether oxygens (including phenoxy) is 5. The van der Waals surface area contributed by atoms with Gasteiger partial charge in [0.1, 0.15) is 35.8 Å². The topological polar surface area (TPSA) is 142 Å². The average molecular weight is 628 g/mol. The molecule has 0 aliphatic carbocycles. The van der Waals surface area contributed by atoms with Gasteiger partial charge >= 0.3 is 0 Å². The molecular weight excluding hydrogens is 597 g/mol. The summed E-state index contributed by atoms with van der Waals surface area (Å²) in [5, 5.41) is 5.57. The quantitative estimate of drug-likeness (QED) is 0.447. The number of carbonyl (C=O) groups is 2. The molecule has 0 saturated carbocycles. The van der Waals surface area contributed by atoms with Crippen LogP contribution in [0, 0.1) is 5.82 Å². The number of methoxy groups -OCH3 is 1. The highest BCUT2D eigenvalue weighted by atomic mass is 32.2. The van der Waals surface area contributed by atoms with E-state index in [-0.39, 0.29) is 67.0 Å². The largest absolute Gasteiger partial charge is 0.493 e. The molecule has 12 nitrogen and oxygen atoms in total. The monoisotopic (exact) mass is 627 g/mol. The number of hydrogen-bond donors (Lipinski definition) is 2. The van der Waals surface area contributed by atoms with Gasteiger partial charge in [0.25, 0.3) is 11.8 Å². The van der Waals surface area contributed by atoms with Crippen LogP contribution in [-0.4, -0.2) is 76.7 Å². The highest BCUT2D eigenvalue weighted by molar-refractivity contribution is 7.89. The lowest BCUT2D eigenvalue weighted by Crippen LogP contribution is -2.58. The van der Waals surface area contributed by atoms with Gasteiger partial charge in [-0.25, -0.2) is 12.8 Å². The van der Waals surface area contributed by atoms with E-state index < -0.39 is 39.8 Å². The van der Waals surface area contributed by atoms with Crippen molar-refractivity contribution >= 4 is 21.8 Å². The summed E-state index contributed by atoms with van der Waals surface area (Å²) in [5.41, 5.74) is 0.624. The summed E-state index contributed by atoms with van der Waals surface area (Å²) in [5.74, 6) is -0.473. The summed E-state index contributed by atoms with van der Waals surface area (Å²) < 4.78 is 72.0. The van der Waals surface area contributed by atoms with Gasteiger partial charge in [0.15, 0.2) is 29.6 Å². The third-order valence-corrected chi connectivity index (χ3v) is 9.36. The summed E-state index contributed by atoms with van der Waals surface area (Å²) in [4.78, 5) is 25.9. The first-order valence-electron chi connectivity index (χ1n) is 13.9. The molecule has 3 aliphatic heterocycles. The van der Waals surface area contributed by atoms with Gasteiger partial charge in [0.2, 0.25) is 10.0 Å². The minimum Gasteiger partial charge on any atom is -0.493 e. The van der Waals surface area contributed by atoms with E-state index in [1.165, 1.54) is 47.8 Å². The van der Waals surface area contributed by atoms with Crippen LogP contribution in [0.5, 0.6) is 28.7 Å². The van der Waals surface area contributed by atoms with Crippen LogP contribution >= 0.6 is 0 Å². The second kappa shape index (κ2) is 12.2. The Balaban J connectivity index is 1.34. The fourth-order valence-electron chi connectivity index (χ4n) is 5.33. The van der Waals surface area contributed by atoms with E-state index in [1.807, 2.05) is 0 Å². The molecule has 44 heavy (non-hydrogen) atoms. The molecule has 4 bridgehead atoms. The fourth-order valence-corrected chi connectivity index (χ4v) is 6.96. The first-order valence-corrected chi connectivity index (χ1v) is 15.4. The molecule has 3 aromatic carbocycles. The maximum absolute atomic E-state index is 14.6. The number of hydrogen-bond acceptors (Lipinski definition) is 9. The Kier molecular flexibility index (Phi) is 8.19. The molecule has 2 N–H and O–H groups in total. The van der Waals surface area contributed by atoms with Gasteiger partial charge in [-0.05, 0) is 48.0 Å². The normalized spacial score (nSPS) is 20.7. The lowest BCUT2D eigenvalue weighted by molar-refractivity contribution is -0.123. The number of sulfonamides is 1. The maximum atomic E-state index is 14.6. The summed E-state index contributed by atoms with van der Waals surface area (Å²) in [6.07, 6.45) is -0.545. The van der Waals surface area contributed by atoms with Gasteiger partial charge < -0.3 is 34.3 Å². The van der Waals surface area contributed by atoms with Crippen LogP contribution in [0.3, 0.4) is 0 Å². The molecule has 0 spiro atoms. The van der Waals surface area contributed by atoms with Gasteiger partial charge in [0.05, 0.1) is 13.2 Å². The number of nitrogens with zero attached hydrogens (tertiary/aromatic N) is 1. The molecule has 3 aromatic rings. The number of fused-ring (bicyclic) bond motifs is 6. The number of para-hydroxylation sites is 1. The molecule has 14 heteroatoms. The Morgan fingerprint density at radius 2 is 1.84 bits per heavy atom. The number of halogens is 1. The van der Waals surface area contributed by atoms with Crippen molar-refractivity contribution in [3.63, 3.8) is 0 Å². The number of nitrogens with one attached hydrogen (secondary N) is 2. The van der Waals surface area contributed by atoms with Crippen molar-refractivity contribution in [1.82, 2.24) is 14.9 Å². The van der Waals surface area contributed by atoms with Crippen molar-refractivity contribution in [3.05, 3.63) is 71.5 Å². The van der Waals surface area contributed by atoms with Crippen LogP contribution in [0.4, 0.5) is 4.39 Å². The van der Waals surface area contributed by atoms with E-state index in [9.17, 15) is 22.4 Å². The lowest BCUT2D eigenvalue weighted by Gasteiger charge is -2.38. The molecule has 3 aliphatic rings. The first-order chi connectivity index (χ1) is 21.2. The second-order valence-electron chi connectivity index (χ2n) is 10.4. The molecule has 0 radical (unpaired) electrons. The van der Waals surface area contributed by atoms with Crippen molar-refractivity contribution < 1.29 is 46.1 Å². The molecule has 1 fully saturated rings. The van der Waals surface area contributed by atoms with E-state index in [1.54, 1.807) is 18.2 Å². The molecule has 1 saturated heterocycles. The predicted octanol–water partition coefficient (Wildman–Crippen LogP) is 2.25. The SMILES string of the molecule is COc1ccc2cc1OCC(=O)NCc1cc(F)cc(c1)O[C@@H]1CCN(S(=O)(=O)c3cccc4c3OCCO4)C[C@@H]1NC2=O. The van der Waals surface area contributed by atoms with E-state index >= 15 is 0 Å². The summed E-state index contributed by atoms with van der Waals surface area (Å²) >= 11 is 0. The molecule has 2 amide bonds. The zero-order chi connectivity index (χ0) is 30.8. The van der Waals surface area contributed by atoms with Crippen LogP contribution in [0.15, 0.2) is 59.5 Å². The van der Waals surface area contributed by atoms with Crippen molar-refractivity contribution in [2.24, 2.45) is 0 Å². The van der Waals surface area contributed by atoms with E-state index in [4.69, 9.17) is 23.7 Å². The highest BCUT2D eigenvalue weighted by Gasteiger charge is 2.40. The fraction of sp³-hybridized carbons (Fsp3) is 0.333. The van der Waals surface area contributed by atoms with Gasteiger partial charge in [0, 0.05) is 37.7 Å². The van der Waals surface area contributed by atoms with E-state index in [2.05, 4.69) is 10.6 Å². The van der Waals surface area contributed by atoms with Crippen LogP contribution in [-0.2, 0) is 21.4 Å². The maximum Gasteiger partial charge on any atom is 0.258 e. The Morgan fingerprint density at radius 3 is 2.68 bits per heavy atom. The predicted molar refractivity (Wildman–Crippen MR) is 153 cm³/mol. The van der Waals surface area contributed by atoms with Crippen molar-refractivity contribution in [3.8, 4) is 28.7 Å². The Bertz CT molecular complexity index is 1700. The van der Waals surface area contributed by atoms with Crippen molar-refractivity contribution in [2.45, 2.75) is 30.0 Å². The first kappa shape index (κ1) is 29.5. The van der Waals surface area contributed by atoms with Gasteiger partial charge in [-0.15, -0.1) is 0 Å². The zero-order valence-electron chi connectivity index (χ0n) is 23.7. The number of amides is 2. The third-order valence-electron chi connectivity index (χ3n) is 7.47. The number of piperidine rings is 1. The Morgan fingerprint density at radius 1 is 1.00 bits per heavy atom. The van der Waals surface area contributed by atoms with E-state index in [0.29, 0.717) is 23.7 Å². The minimum absolute atomic E-state index is 0.0114. The van der Waals surface area contributed by atoms with Crippen LogP contribution < -0.4 is 34.3 Å². The summed E-state index contributed by atoms with van der Waals surface area (Å²) in [6.45, 7) is 0.0668. The molecule has 232 valence electrons. The molecule has 2 atom stereocenters. The van der Waals surface area contributed by atoms with Crippen LogP contribution in [0.1, 0.15) is 22.3 Å². The standard InChI is InChI=1S/C30H30FN3O9S/c1-39-24-6-5-19-13-26(24)42-17-28(35)32-15-18-11-20(31)14-21(12-18)43-23-7-8-34(16-22(23)33-30(19)36)44(37,38)27-4-2-3-25-29(27)41-10-9-40-25/h2-6,11-14,22-23H,7-10,15-17H2,1H3,(H,32,35)(H,33,36)/t22-,23+/m0/s1. The molecule has 0 aromatic heterocycles. The third kappa shape index (κ3) is 6.08. The number of benzene rings is 3. The molecule has 3 heterocycles. The van der Waals surface area contributed by atoms with Gasteiger partial charge in [-0.2, -0.15) is 4.31 Å². The smallest absolute Gasteiger partial charge is 0.258 e. The second-order valence-corrected chi connectivity index (χ2v) is 12.3. The summed E-state index contributed by atoms with van der Waals surface area (Å²) in [6, 6.07) is 12.4. The van der Waals surface area contributed by atoms with Crippen molar-refractivity contribution in [2.75, 3.05) is 40.0 Å². The molecule has 0 unspecified atom stereocenters. The Labute approximate surface area is 253 Å². The van der Waals surface area contributed by atoms with Gasteiger partial charge in [-0.3, -0.25) is 9.59 Å². The summed E-state index contributed by atoms with van der Waals surface area (Å²) in [7, 11) is -2.66. The van der Waals surface area contributed by atoms with E-state index in [0.717, 1.165) is 0 Å². The Hall–Kier alpha value is -4.56. The van der Waals surface area contributed by atoms with Crippen LogP contribution in [0.2, 0.25) is 0 Å². The number of carbonyl (C=O) groups excluding carboxylic acids is 2. The van der Waals surface area contributed by atoms with Gasteiger partial charge in [-0.1, -0.05) is 6.07 Å². The molecule has 6 rings (SSSR count). The average Bonchev–Trinajstić information content (AvgIpc) is 3.02. The zero-order valence-corrected chi connectivity index (χ0v) is 24.5. The van der Waals surface area contributed by atoms with Crippen molar-refractivity contribution in [1.29, 1.82) is 0 Å². The lowest BCUT2D eigenvalue weighted by atomic mass is 10.0.